The zero-order valence-electron chi connectivity index (χ0n) is 22.9. The molecule has 39 heavy (non-hydrogen) atoms. The third-order valence-electron chi connectivity index (χ3n) is 7.14. The number of rotatable bonds is 1. The number of nitrogens with zero attached hydrogens (tertiary/aromatic N) is 2. The van der Waals surface area contributed by atoms with Crippen molar-refractivity contribution in [2.75, 3.05) is 6.54 Å². The molecule has 4 atom stereocenters. The average Bonchev–Trinajstić information content (AvgIpc) is 2.94. The molecule has 4 heterocycles. The lowest BCUT2D eigenvalue weighted by Gasteiger charge is -2.35. The lowest BCUT2D eigenvalue weighted by molar-refractivity contribution is -0.157. The summed E-state index contributed by atoms with van der Waals surface area (Å²) in [7, 11) is 0. The van der Waals surface area contributed by atoms with E-state index in [1.54, 1.807) is 13.1 Å². The first kappa shape index (κ1) is 28.2. The second kappa shape index (κ2) is 12.4. The molecular weight excluding hydrogens is 498 g/mol. The van der Waals surface area contributed by atoms with Crippen LogP contribution in [0.3, 0.4) is 0 Å². The molecule has 3 amide bonds. The van der Waals surface area contributed by atoms with E-state index in [4.69, 9.17) is 4.74 Å². The van der Waals surface area contributed by atoms with E-state index in [0.717, 1.165) is 22.4 Å². The minimum atomic E-state index is -0.859. The maximum absolute atomic E-state index is 13.1. The van der Waals surface area contributed by atoms with Crippen LogP contribution in [0.1, 0.15) is 64.2 Å². The van der Waals surface area contributed by atoms with Gasteiger partial charge in [-0.3, -0.25) is 29.2 Å². The monoisotopic (exact) mass is 535 g/mol. The van der Waals surface area contributed by atoms with Crippen molar-refractivity contribution in [3.8, 4) is 11.3 Å². The Kier molecular flexibility index (Phi) is 8.96. The molecule has 1 aromatic heterocycles. The SMILES string of the molecule is CC(C)[C@@H]1NC(=O)CCc2ccc(nc2)-c2cccc(c2)[C@@H](C)OC(=O)[C@@H]2CCCN(N2)C(=O)[C@H](C)NC1=O. The molecule has 1 saturated heterocycles. The number of aromatic nitrogens is 1. The van der Waals surface area contributed by atoms with Gasteiger partial charge in [0.1, 0.15) is 24.2 Å². The standard InChI is InChI=1S/C29H37N5O5/c1-17(2)26-27(36)31-18(3)28(37)34-14-6-9-24(33-34)29(38)39-19(4)21-7-5-8-22(15-21)23-12-10-20(16-30-23)11-13-25(35)32-26/h5,7-8,10,12,15-19,24,26,33H,6,9,11,13-14H2,1-4H3,(H,31,36)(H,32,35)/t18-,19+,24-,26-/m0/s1. The second-order valence-electron chi connectivity index (χ2n) is 10.6. The topological polar surface area (TPSA) is 130 Å². The minimum absolute atomic E-state index is 0.187. The van der Waals surface area contributed by atoms with E-state index in [2.05, 4.69) is 21.0 Å². The molecule has 2 aromatic rings. The number of carbonyl (C=O) groups excluding carboxylic acids is 4. The van der Waals surface area contributed by atoms with E-state index in [0.29, 0.717) is 25.8 Å². The number of amides is 3. The molecule has 208 valence electrons. The van der Waals surface area contributed by atoms with Gasteiger partial charge in [-0.05, 0) is 62.3 Å². The average molecular weight is 536 g/mol. The van der Waals surface area contributed by atoms with Crippen molar-refractivity contribution in [3.63, 3.8) is 0 Å². The number of ether oxygens (including phenoxy) is 1. The van der Waals surface area contributed by atoms with Crippen LogP contribution >= 0.6 is 0 Å². The van der Waals surface area contributed by atoms with Crippen molar-refractivity contribution in [3.05, 3.63) is 53.7 Å². The van der Waals surface area contributed by atoms with E-state index >= 15 is 0 Å². The predicted octanol–water partition coefficient (Wildman–Crippen LogP) is 2.44. The summed E-state index contributed by atoms with van der Waals surface area (Å²) in [6.45, 7) is 7.47. The van der Waals surface area contributed by atoms with Crippen LogP contribution in [0.4, 0.5) is 0 Å². The number of aryl methyl sites for hydroxylation is 1. The number of esters is 1. The normalized spacial score (nSPS) is 25.3. The molecule has 0 unspecified atom stereocenters. The van der Waals surface area contributed by atoms with Gasteiger partial charge < -0.3 is 15.4 Å². The summed E-state index contributed by atoms with van der Waals surface area (Å²) in [5, 5.41) is 6.91. The fourth-order valence-electron chi connectivity index (χ4n) is 4.77. The molecule has 3 aliphatic rings. The zero-order chi connectivity index (χ0) is 28.1. The van der Waals surface area contributed by atoms with Crippen LogP contribution in [0, 0.1) is 5.92 Å². The fourth-order valence-corrected chi connectivity index (χ4v) is 4.77. The number of hydrogen-bond acceptors (Lipinski definition) is 7. The molecule has 0 spiro atoms. The number of fused-ring (bicyclic) bond motifs is 12. The maximum atomic E-state index is 13.1. The molecule has 0 saturated carbocycles. The number of pyridine rings is 1. The smallest absolute Gasteiger partial charge is 0.325 e. The van der Waals surface area contributed by atoms with Crippen molar-refractivity contribution in [2.24, 2.45) is 5.92 Å². The zero-order valence-corrected chi connectivity index (χ0v) is 22.9. The quantitative estimate of drug-likeness (QED) is 0.478. The Morgan fingerprint density at radius 3 is 2.54 bits per heavy atom. The number of carbonyl (C=O) groups is 4. The molecule has 6 bridgehead atoms. The maximum Gasteiger partial charge on any atom is 0.325 e. The Morgan fingerprint density at radius 2 is 1.82 bits per heavy atom. The van der Waals surface area contributed by atoms with Gasteiger partial charge in [0, 0.05) is 24.7 Å². The van der Waals surface area contributed by atoms with Gasteiger partial charge in [-0.25, -0.2) is 5.43 Å². The van der Waals surface area contributed by atoms with E-state index in [1.165, 1.54) is 5.01 Å². The van der Waals surface area contributed by atoms with Crippen LogP contribution in [-0.4, -0.2) is 58.4 Å². The Hall–Kier alpha value is -3.79. The largest absolute Gasteiger partial charge is 0.457 e. The van der Waals surface area contributed by atoms with Crippen molar-refractivity contribution >= 4 is 23.7 Å². The van der Waals surface area contributed by atoms with Crippen molar-refractivity contribution in [1.82, 2.24) is 26.1 Å². The van der Waals surface area contributed by atoms with Crippen LogP contribution in [0.2, 0.25) is 0 Å². The Morgan fingerprint density at radius 1 is 1.03 bits per heavy atom. The molecule has 0 radical (unpaired) electrons. The van der Waals surface area contributed by atoms with Crippen LogP contribution in [-0.2, 0) is 30.3 Å². The lowest BCUT2D eigenvalue weighted by atomic mass is 10.0. The minimum Gasteiger partial charge on any atom is -0.457 e. The summed E-state index contributed by atoms with van der Waals surface area (Å²) < 4.78 is 5.78. The summed E-state index contributed by atoms with van der Waals surface area (Å²) in [5.74, 6) is -1.69. The Labute approximate surface area is 228 Å². The Bertz CT molecular complexity index is 1210. The van der Waals surface area contributed by atoms with Gasteiger partial charge in [-0.1, -0.05) is 38.1 Å². The summed E-state index contributed by atoms with van der Waals surface area (Å²) >= 11 is 0. The summed E-state index contributed by atoms with van der Waals surface area (Å²) in [5.41, 5.74) is 6.35. The van der Waals surface area contributed by atoms with E-state index in [1.807, 2.05) is 57.2 Å². The van der Waals surface area contributed by atoms with Crippen LogP contribution in [0.15, 0.2) is 42.6 Å². The molecule has 1 fully saturated rings. The third kappa shape index (κ3) is 7.00. The highest BCUT2D eigenvalue weighted by atomic mass is 16.5. The van der Waals surface area contributed by atoms with Gasteiger partial charge in [0.2, 0.25) is 11.8 Å². The van der Waals surface area contributed by atoms with Crippen molar-refractivity contribution in [1.29, 1.82) is 0 Å². The molecule has 10 nitrogen and oxygen atoms in total. The second-order valence-corrected chi connectivity index (χ2v) is 10.6. The first-order valence-electron chi connectivity index (χ1n) is 13.6. The van der Waals surface area contributed by atoms with Gasteiger partial charge in [0.15, 0.2) is 0 Å². The summed E-state index contributed by atoms with van der Waals surface area (Å²) in [4.78, 5) is 56.5. The number of hydrazine groups is 1. The summed E-state index contributed by atoms with van der Waals surface area (Å²) in [6.07, 6.45) is 3.03. The van der Waals surface area contributed by atoms with Crippen LogP contribution in [0.5, 0.6) is 0 Å². The van der Waals surface area contributed by atoms with Gasteiger partial charge in [-0.2, -0.15) is 0 Å². The molecule has 1 aromatic carbocycles. The van der Waals surface area contributed by atoms with E-state index in [-0.39, 0.29) is 24.2 Å². The lowest BCUT2D eigenvalue weighted by Crippen LogP contribution is -2.61. The van der Waals surface area contributed by atoms with Crippen molar-refractivity contribution in [2.45, 2.75) is 77.6 Å². The highest BCUT2D eigenvalue weighted by Crippen LogP contribution is 2.25. The molecule has 3 aliphatic heterocycles. The third-order valence-corrected chi connectivity index (χ3v) is 7.14. The van der Waals surface area contributed by atoms with E-state index in [9.17, 15) is 19.2 Å². The fraction of sp³-hybridized carbons (Fsp3) is 0.483. The van der Waals surface area contributed by atoms with Gasteiger partial charge in [-0.15, -0.1) is 0 Å². The first-order chi connectivity index (χ1) is 18.6. The molecule has 0 aliphatic carbocycles. The molecule has 10 heteroatoms. The van der Waals surface area contributed by atoms with Crippen LogP contribution in [0.25, 0.3) is 11.3 Å². The van der Waals surface area contributed by atoms with E-state index < -0.39 is 36.1 Å². The van der Waals surface area contributed by atoms with Gasteiger partial charge in [0.05, 0.1) is 5.69 Å². The predicted molar refractivity (Wildman–Crippen MR) is 145 cm³/mol. The highest BCUT2D eigenvalue weighted by molar-refractivity contribution is 5.92. The number of hydrogen-bond donors (Lipinski definition) is 3. The first-order valence-corrected chi connectivity index (χ1v) is 13.6. The van der Waals surface area contributed by atoms with Gasteiger partial charge in [0.25, 0.3) is 5.91 Å². The number of benzene rings is 1. The molecule has 3 N–H and O–H groups in total. The van der Waals surface area contributed by atoms with Crippen molar-refractivity contribution < 1.29 is 23.9 Å². The highest BCUT2D eigenvalue weighted by Gasteiger charge is 2.33. The van der Waals surface area contributed by atoms with Gasteiger partial charge >= 0.3 is 5.97 Å². The summed E-state index contributed by atoms with van der Waals surface area (Å²) in [6, 6.07) is 9.16. The van der Waals surface area contributed by atoms with Crippen LogP contribution < -0.4 is 16.1 Å². The molecule has 5 rings (SSSR count). The number of nitrogens with one attached hydrogen (secondary N) is 3. The Balaban J connectivity index is 1.61. The molecular formula is C29H37N5O5.